The molecule has 0 saturated carbocycles. The average Bonchev–Trinajstić information content (AvgIpc) is 3.20. The second-order valence-electron chi connectivity index (χ2n) is 8.13. The molecule has 2 aromatic heterocycles. The minimum atomic E-state index is -4.54. The molecule has 0 fully saturated rings. The van der Waals surface area contributed by atoms with Crippen molar-refractivity contribution >= 4 is 48.8 Å². The molecule has 0 aliphatic rings. The van der Waals surface area contributed by atoms with E-state index in [1.165, 1.54) is 23.6 Å². The summed E-state index contributed by atoms with van der Waals surface area (Å²) in [7, 11) is 1.20. The number of rotatable bonds is 4. The van der Waals surface area contributed by atoms with Crippen molar-refractivity contribution in [3.8, 4) is 11.1 Å². The Morgan fingerprint density at radius 3 is 2.47 bits per heavy atom. The molecule has 3 aromatic carbocycles. The number of halogens is 4. The molecule has 5 aromatic rings. The number of ether oxygens (including phenoxy) is 1. The van der Waals surface area contributed by atoms with Gasteiger partial charge in [0.2, 0.25) is 0 Å². The van der Waals surface area contributed by atoms with Crippen LogP contribution in [-0.4, -0.2) is 17.5 Å². The third-order valence-corrected chi connectivity index (χ3v) is 7.78. The van der Waals surface area contributed by atoms with E-state index in [9.17, 15) is 22.8 Å². The van der Waals surface area contributed by atoms with Gasteiger partial charge < -0.3 is 4.74 Å². The summed E-state index contributed by atoms with van der Waals surface area (Å²) in [5.74, 6) is -0.730. The van der Waals surface area contributed by atoms with Crippen LogP contribution >= 0.6 is 27.3 Å². The van der Waals surface area contributed by atoms with E-state index >= 15 is 0 Å². The molecule has 0 atom stereocenters. The molecule has 0 spiro atoms. The summed E-state index contributed by atoms with van der Waals surface area (Å²) in [6, 6.07) is 20.0. The largest absolute Gasteiger partial charge is 0.464 e. The molecule has 0 aliphatic carbocycles. The highest BCUT2D eigenvalue weighted by atomic mass is 79.9. The second-order valence-corrected chi connectivity index (χ2v) is 10.4. The van der Waals surface area contributed by atoms with E-state index in [0.717, 1.165) is 39.8 Å². The molecule has 2 heterocycles. The Bertz CT molecular complexity index is 1700. The van der Waals surface area contributed by atoms with Crippen molar-refractivity contribution in [3.63, 3.8) is 0 Å². The minimum Gasteiger partial charge on any atom is -0.464 e. The molecule has 0 N–H and O–H groups in total. The number of esters is 1. The number of fused-ring (bicyclic) bond motifs is 2. The third kappa shape index (κ3) is 4.22. The van der Waals surface area contributed by atoms with Crippen molar-refractivity contribution < 1.29 is 22.7 Å². The molecule has 0 aliphatic heterocycles. The van der Waals surface area contributed by atoms with Crippen LogP contribution in [0.2, 0.25) is 0 Å². The summed E-state index contributed by atoms with van der Waals surface area (Å²) in [6.07, 6.45) is -4.23. The summed E-state index contributed by atoms with van der Waals surface area (Å²) >= 11 is 4.44. The lowest BCUT2D eigenvalue weighted by Crippen LogP contribution is -2.19. The number of hydrogen-bond donors (Lipinski definition) is 0. The van der Waals surface area contributed by atoms with Crippen LogP contribution in [0.25, 0.3) is 26.7 Å². The molecule has 0 unspecified atom stereocenters. The average molecular weight is 572 g/mol. The summed E-state index contributed by atoms with van der Waals surface area (Å²) in [5, 5.41) is 2.00. The molecule has 36 heavy (non-hydrogen) atoms. The Kier molecular flexibility index (Phi) is 6.22. The van der Waals surface area contributed by atoms with E-state index in [2.05, 4.69) is 15.9 Å². The lowest BCUT2D eigenvalue weighted by molar-refractivity contribution is -0.137. The fraction of sp³-hybridized carbons (Fsp3) is 0.111. The van der Waals surface area contributed by atoms with E-state index in [4.69, 9.17) is 4.74 Å². The highest BCUT2D eigenvalue weighted by molar-refractivity contribution is 9.11. The number of thiazole rings is 1. The number of pyridine rings is 1. The normalized spacial score (nSPS) is 11.8. The molecule has 9 heteroatoms. The molecule has 0 radical (unpaired) electrons. The molecule has 0 amide bonds. The van der Waals surface area contributed by atoms with Crippen LogP contribution in [-0.2, 0) is 17.3 Å². The van der Waals surface area contributed by atoms with Crippen LogP contribution in [0, 0.1) is 0 Å². The molecule has 0 saturated heterocycles. The summed E-state index contributed by atoms with van der Waals surface area (Å²) < 4.78 is 47.1. The first-order valence-electron chi connectivity index (χ1n) is 10.8. The SMILES string of the molecule is COC(=O)c1c(Br)sc2c(-c3cccc(C(F)(F)F)c3)c(Cc3cccc4ccccc34)cc(=O)n12. The summed E-state index contributed by atoms with van der Waals surface area (Å²) in [6.45, 7) is 0. The number of alkyl halides is 3. The number of methoxy groups -OCH3 is 1. The van der Waals surface area contributed by atoms with Crippen LogP contribution in [0.1, 0.15) is 27.2 Å². The van der Waals surface area contributed by atoms with Crippen LogP contribution in [0.4, 0.5) is 13.2 Å². The lowest BCUT2D eigenvalue weighted by Gasteiger charge is -2.15. The van der Waals surface area contributed by atoms with E-state index in [0.29, 0.717) is 31.7 Å². The first kappa shape index (κ1) is 24.3. The zero-order valence-electron chi connectivity index (χ0n) is 18.7. The maximum Gasteiger partial charge on any atom is 0.416 e. The van der Waals surface area contributed by atoms with Gasteiger partial charge in [0.15, 0.2) is 5.69 Å². The summed E-state index contributed by atoms with van der Waals surface area (Å²) in [5.41, 5.74) is 0.946. The van der Waals surface area contributed by atoms with Crippen LogP contribution in [0.15, 0.2) is 81.4 Å². The van der Waals surface area contributed by atoms with Crippen LogP contribution in [0.3, 0.4) is 0 Å². The van der Waals surface area contributed by atoms with E-state index in [1.54, 1.807) is 6.07 Å². The van der Waals surface area contributed by atoms with Crippen LogP contribution < -0.4 is 5.56 Å². The van der Waals surface area contributed by atoms with Crippen molar-refractivity contribution in [1.82, 2.24) is 4.40 Å². The second kappa shape index (κ2) is 9.22. The van der Waals surface area contributed by atoms with E-state index in [-0.39, 0.29) is 5.69 Å². The number of benzene rings is 3. The van der Waals surface area contributed by atoms with Gasteiger partial charge in [-0.25, -0.2) is 4.79 Å². The zero-order valence-corrected chi connectivity index (χ0v) is 21.1. The fourth-order valence-electron chi connectivity index (χ4n) is 4.38. The van der Waals surface area contributed by atoms with Gasteiger partial charge in [-0.2, -0.15) is 13.2 Å². The van der Waals surface area contributed by atoms with Gasteiger partial charge in [-0.05, 0) is 61.9 Å². The molecule has 182 valence electrons. The Labute approximate surface area is 215 Å². The van der Waals surface area contributed by atoms with Crippen molar-refractivity contribution in [2.24, 2.45) is 0 Å². The maximum atomic E-state index is 13.6. The number of carbonyl (C=O) groups is 1. The van der Waals surface area contributed by atoms with E-state index < -0.39 is 23.3 Å². The van der Waals surface area contributed by atoms with Gasteiger partial charge in [-0.15, -0.1) is 11.3 Å². The van der Waals surface area contributed by atoms with Crippen molar-refractivity contribution in [2.45, 2.75) is 12.6 Å². The van der Waals surface area contributed by atoms with Gasteiger partial charge in [-0.1, -0.05) is 54.6 Å². The summed E-state index contributed by atoms with van der Waals surface area (Å²) in [4.78, 5) is 26.1. The first-order valence-corrected chi connectivity index (χ1v) is 12.4. The number of carbonyl (C=O) groups excluding carboxylic acids is 1. The van der Waals surface area contributed by atoms with Crippen molar-refractivity contribution in [3.05, 3.63) is 109 Å². The maximum absolute atomic E-state index is 13.6. The predicted molar refractivity (Wildman–Crippen MR) is 138 cm³/mol. The van der Waals surface area contributed by atoms with Crippen molar-refractivity contribution in [1.29, 1.82) is 0 Å². The third-order valence-electron chi connectivity index (χ3n) is 5.97. The topological polar surface area (TPSA) is 47.8 Å². The number of nitrogens with zero attached hydrogens (tertiary/aromatic N) is 1. The van der Waals surface area contributed by atoms with Gasteiger partial charge in [0, 0.05) is 11.6 Å². The van der Waals surface area contributed by atoms with Gasteiger partial charge in [0.05, 0.1) is 12.7 Å². The molecule has 5 rings (SSSR count). The predicted octanol–water partition coefficient (Wildman–Crippen LogP) is 7.34. The van der Waals surface area contributed by atoms with Crippen LogP contribution in [0.5, 0.6) is 0 Å². The standard InChI is InChI=1S/C27H17BrF3NO3S/c1-35-26(34)23-24(28)36-25-22(17-9-5-10-19(13-17)27(29,30)31)18(14-21(33)32(23)25)12-16-8-4-7-15-6-2-3-11-20(15)16/h2-11,13-14H,12H2,1H3. The Morgan fingerprint density at radius 2 is 1.72 bits per heavy atom. The molecule has 4 nitrogen and oxygen atoms in total. The van der Waals surface area contributed by atoms with Gasteiger partial charge >= 0.3 is 12.1 Å². The van der Waals surface area contributed by atoms with Gasteiger partial charge in [0.25, 0.3) is 5.56 Å². The molecule has 0 bridgehead atoms. The number of aromatic nitrogens is 1. The first-order chi connectivity index (χ1) is 17.2. The molecular weight excluding hydrogens is 555 g/mol. The molecular formula is C27H17BrF3NO3S. The van der Waals surface area contributed by atoms with Crippen molar-refractivity contribution in [2.75, 3.05) is 7.11 Å². The zero-order chi connectivity index (χ0) is 25.6. The smallest absolute Gasteiger partial charge is 0.416 e. The highest BCUT2D eigenvalue weighted by Crippen LogP contribution is 2.40. The highest BCUT2D eigenvalue weighted by Gasteiger charge is 2.31. The number of hydrogen-bond acceptors (Lipinski definition) is 4. The van der Waals surface area contributed by atoms with E-state index in [1.807, 2.05) is 42.5 Å². The Morgan fingerprint density at radius 1 is 1.00 bits per heavy atom. The Balaban J connectivity index is 1.83. The van der Waals surface area contributed by atoms with Gasteiger partial charge in [-0.3, -0.25) is 9.20 Å². The fourth-order valence-corrected chi connectivity index (χ4v) is 6.25. The van der Waals surface area contributed by atoms with Gasteiger partial charge in [0.1, 0.15) is 8.62 Å². The Hall–Kier alpha value is -3.43. The quantitative estimate of drug-likeness (QED) is 0.212. The monoisotopic (exact) mass is 571 g/mol. The lowest BCUT2D eigenvalue weighted by atomic mass is 9.93. The minimum absolute atomic E-state index is 0.00700.